The van der Waals surface area contributed by atoms with E-state index in [4.69, 9.17) is 0 Å². The summed E-state index contributed by atoms with van der Waals surface area (Å²) in [6.07, 6.45) is 7.06. The van der Waals surface area contributed by atoms with Crippen LogP contribution in [0.15, 0.2) is 33.9 Å². The Bertz CT molecular complexity index is 913. The van der Waals surface area contributed by atoms with Crippen LogP contribution >= 0.6 is 0 Å². The highest BCUT2D eigenvalue weighted by atomic mass is 16.2. The Morgan fingerprint density at radius 3 is 2.58 bits per heavy atom. The van der Waals surface area contributed by atoms with Crippen LogP contribution < -0.4 is 11.2 Å². The number of para-hydroxylation sites is 2. The lowest BCUT2D eigenvalue weighted by Crippen LogP contribution is -2.28. The van der Waals surface area contributed by atoms with Crippen molar-refractivity contribution in [3.8, 4) is 11.5 Å². The number of aryl methyl sites for hydroxylation is 1. The van der Waals surface area contributed by atoms with Crippen LogP contribution in [0.1, 0.15) is 45.4 Å². The van der Waals surface area contributed by atoms with Gasteiger partial charge < -0.3 is 4.57 Å². The van der Waals surface area contributed by atoms with Gasteiger partial charge in [0.15, 0.2) is 11.5 Å². The maximum atomic E-state index is 12.1. The smallest absolute Gasteiger partial charge is 0.322 e. The second-order valence-corrected chi connectivity index (χ2v) is 6.06. The summed E-state index contributed by atoms with van der Waals surface area (Å²) in [5.41, 5.74) is 0.756. The summed E-state index contributed by atoms with van der Waals surface area (Å²) < 4.78 is 1.95. The first-order valence-electron chi connectivity index (χ1n) is 8.60. The zero-order valence-electron chi connectivity index (χ0n) is 13.9. The number of benzene rings is 1. The zero-order valence-corrected chi connectivity index (χ0v) is 13.9. The van der Waals surface area contributed by atoms with E-state index in [0.717, 1.165) is 30.4 Å². The second kappa shape index (κ2) is 7.38. The molecule has 1 N–H and O–H groups in total. The lowest BCUT2D eigenvalue weighted by atomic mass is 10.1. The Morgan fingerprint density at radius 2 is 1.75 bits per heavy atom. The number of aromatic nitrogens is 4. The van der Waals surface area contributed by atoms with Gasteiger partial charge in [0.2, 0.25) is 0 Å². The zero-order chi connectivity index (χ0) is 16.9. The van der Waals surface area contributed by atoms with Gasteiger partial charge in [-0.15, -0.1) is 0 Å². The molecule has 0 saturated heterocycles. The van der Waals surface area contributed by atoms with Crippen molar-refractivity contribution < 1.29 is 0 Å². The maximum Gasteiger partial charge on any atom is 0.349 e. The molecule has 6 nitrogen and oxygen atoms in total. The van der Waals surface area contributed by atoms with E-state index >= 15 is 0 Å². The number of rotatable bonds is 7. The van der Waals surface area contributed by atoms with Gasteiger partial charge in [-0.1, -0.05) is 51.2 Å². The minimum absolute atomic E-state index is 0.222. The van der Waals surface area contributed by atoms with E-state index in [9.17, 15) is 9.59 Å². The fourth-order valence-corrected chi connectivity index (χ4v) is 3.02. The third kappa shape index (κ3) is 3.37. The Hall–Kier alpha value is -2.50. The predicted molar refractivity (Wildman–Crippen MR) is 94.4 cm³/mol. The Labute approximate surface area is 139 Å². The summed E-state index contributed by atoms with van der Waals surface area (Å²) in [7, 11) is 0. The topological polar surface area (TPSA) is 80.6 Å². The average Bonchev–Trinajstić information content (AvgIpc) is 2.58. The number of unbranched alkanes of at least 4 members (excludes halogenated alkanes) is 5. The van der Waals surface area contributed by atoms with Gasteiger partial charge >= 0.3 is 5.69 Å². The molecule has 0 saturated carbocycles. The molecule has 0 bridgehead atoms. The fraction of sp³-hybridized carbons (Fsp3) is 0.444. The van der Waals surface area contributed by atoms with Crippen LogP contribution in [0.3, 0.4) is 0 Å². The molecular formula is C18H22N4O2. The maximum absolute atomic E-state index is 12.1. The molecule has 0 amide bonds. The van der Waals surface area contributed by atoms with Crippen LogP contribution in [0, 0.1) is 0 Å². The highest BCUT2D eigenvalue weighted by Crippen LogP contribution is 2.21. The standard InChI is InChI=1S/C18H22N4O2/c1-2-3-4-5-6-9-12-22-14-11-8-7-10-13(14)19-15-16(22)20-18(24)21-17(15)23/h7-8,10-11H,2-6,9,12H2,1H3,(H,21,23,24). The van der Waals surface area contributed by atoms with Crippen molar-refractivity contribution in [2.45, 2.75) is 52.0 Å². The quantitative estimate of drug-likeness (QED) is 0.535. The van der Waals surface area contributed by atoms with Gasteiger partial charge in [-0.2, -0.15) is 4.98 Å². The van der Waals surface area contributed by atoms with Crippen molar-refractivity contribution in [1.82, 2.24) is 19.5 Å². The van der Waals surface area contributed by atoms with E-state index in [1.165, 1.54) is 25.7 Å². The van der Waals surface area contributed by atoms with E-state index in [0.29, 0.717) is 5.82 Å². The number of fused-ring (bicyclic) bond motifs is 2. The molecule has 3 rings (SSSR count). The first-order chi connectivity index (χ1) is 11.7. The molecule has 0 fully saturated rings. The predicted octanol–water partition coefficient (Wildman–Crippen LogP) is 2.95. The molecule has 1 aromatic carbocycles. The second-order valence-electron chi connectivity index (χ2n) is 6.06. The molecule has 0 spiro atoms. The van der Waals surface area contributed by atoms with Gasteiger partial charge in [0, 0.05) is 6.54 Å². The van der Waals surface area contributed by atoms with Crippen molar-refractivity contribution in [2.75, 3.05) is 0 Å². The molecule has 0 aliphatic carbocycles. The lowest BCUT2D eigenvalue weighted by molar-refractivity contribution is 0.562. The number of nitrogens with one attached hydrogen (secondary N) is 1. The largest absolute Gasteiger partial charge is 0.349 e. The summed E-state index contributed by atoms with van der Waals surface area (Å²) in [5.74, 6) is 0.371. The molecule has 2 aliphatic rings. The van der Waals surface area contributed by atoms with Gasteiger partial charge in [0.1, 0.15) is 0 Å². The van der Waals surface area contributed by atoms with Gasteiger partial charge in [0.05, 0.1) is 11.0 Å². The highest BCUT2D eigenvalue weighted by Gasteiger charge is 2.17. The van der Waals surface area contributed by atoms with E-state index in [1.54, 1.807) is 0 Å². The molecule has 2 heterocycles. The number of aromatic amines is 1. The van der Waals surface area contributed by atoms with Gasteiger partial charge in [-0.05, 0) is 18.6 Å². The molecule has 0 atom stereocenters. The average molecular weight is 326 g/mol. The summed E-state index contributed by atoms with van der Waals surface area (Å²) in [4.78, 5) is 34.3. The molecule has 2 aliphatic heterocycles. The van der Waals surface area contributed by atoms with Crippen LogP contribution in [-0.4, -0.2) is 19.5 Å². The van der Waals surface area contributed by atoms with Crippen LogP contribution in [0.25, 0.3) is 22.6 Å². The first kappa shape index (κ1) is 16.4. The summed E-state index contributed by atoms with van der Waals surface area (Å²) >= 11 is 0. The molecule has 1 aromatic rings. The molecule has 24 heavy (non-hydrogen) atoms. The van der Waals surface area contributed by atoms with E-state index in [-0.39, 0.29) is 5.69 Å². The number of nitrogens with zero attached hydrogens (tertiary/aromatic N) is 3. The van der Waals surface area contributed by atoms with Crippen LogP contribution in [0.2, 0.25) is 0 Å². The Kier molecular flexibility index (Phi) is 5.03. The van der Waals surface area contributed by atoms with Crippen LogP contribution in [0.5, 0.6) is 0 Å². The van der Waals surface area contributed by atoms with Gasteiger partial charge in [-0.3, -0.25) is 9.78 Å². The third-order valence-electron chi connectivity index (χ3n) is 4.25. The van der Waals surface area contributed by atoms with Gasteiger partial charge in [-0.25, -0.2) is 9.78 Å². The normalized spacial score (nSPS) is 11.4. The number of hydrogen-bond donors (Lipinski definition) is 1. The summed E-state index contributed by atoms with van der Waals surface area (Å²) in [6, 6.07) is 7.64. The SMILES string of the molecule is CCCCCCCCn1c2nc(=O)[nH]c(=O)c-2nc2ccccc21. The third-order valence-corrected chi connectivity index (χ3v) is 4.25. The van der Waals surface area contributed by atoms with Crippen molar-refractivity contribution in [1.29, 1.82) is 0 Å². The highest BCUT2D eigenvalue weighted by molar-refractivity contribution is 5.79. The molecule has 6 heteroatoms. The Balaban J connectivity index is 1.96. The monoisotopic (exact) mass is 326 g/mol. The molecular weight excluding hydrogens is 304 g/mol. The number of H-pyrrole nitrogens is 1. The minimum atomic E-state index is -0.624. The summed E-state index contributed by atoms with van der Waals surface area (Å²) in [6.45, 7) is 2.93. The first-order valence-corrected chi connectivity index (χ1v) is 8.60. The van der Waals surface area contributed by atoms with Crippen LogP contribution in [0.4, 0.5) is 0 Å². The van der Waals surface area contributed by atoms with Crippen molar-refractivity contribution in [3.63, 3.8) is 0 Å². The molecule has 0 unspecified atom stereocenters. The fourth-order valence-electron chi connectivity index (χ4n) is 3.02. The molecule has 126 valence electrons. The van der Waals surface area contributed by atoms with Crippen molar-refractivity contribution in [3.05, 3.63) is 45.1 Å². The molecule has 0 radical (unpaired) electrons. The van der Waals surface area contributed by atoms with Crippen LogP contribution in [-0.2, 0) is 6.54 Å². The Morgan fingerprint density at radius 1 is 1.00 bits per heavy atom. The molecule has 0 aromatic heterocycles. The summed E-state index contributed by atoms with van der Waals surface area (Å²) in [5, 5.41) is 0. The van der Waals surface area contributed by atoms with E-state index in [1.807, 2.05) is 28.8 Å². The van der Waals surface area contributed by atoms with Crippen molar-refractivity contribution in [2.24, 2.45) is 0 Å². The minimum Gasteiger partial charge on any atom is -0.322 e. The van der Waals surface area contributed by atoms with E-state index in [2.05, 4.69) is 21.9 Å². The van der Waals surface area contributed by atoms with E-state index < -0.39 is 11.2 Å². The lowest BCUT2D eigenvalue weighted by Gasteiger charge is -2.16. The van der Waals surface area contributed by atoms with Crippen molar-refractivity contribution >= 4 is 11.0 Å². The number of hydrogen-bond acceptors (Lipinski definition) is 4. The van der Waals surface area contributed by atoms with Gasteiger partial charge in [0.25, 0.3) is 5.56 Å².